The Morgan fingerprint density at radius 3 is 2.59 bits per heavy atom. The molecule has 0 aromatic carbocycles. The number of allylic oxidation sites excluding steroid dienone is 1. The molecule has 2 heteroatoms. The first-order chi connectivity index (χ1) is 13.8. The third-order valence-corrected chi connectivity index (χ3v) is 10.4. The highest BCUT2D eigenvalue weighted by Crippen LogP contribution is 2.67. The molecule has 0 spiro atoms. The number of fused-ring (bicyclic) bond motifs is 5. The Balaban J connectivity index is 1.46. The minimum Gasteiger partial charge on any atom is -0.396 e. The molecule has 29 heavy (non-hydrogen) atoms. The molecule has 3 fully saturated rings. The second-order valence-electron chi connectivity index (χ2n) is 11.9. The molecular formula is C27H44O2. The van der Waals surface area contributed by atoms with Crippen LogP contribution in [0.4, 0.5) is 0 Å². The summed E-state index contributed by atoms with van der Waals surface area (Å²) in [7, 11) is 0. The van der Waals surface area contributed by atoms with Crippen LogP contribution in [0.3, 0.4) is 0 Å². The SMILES string of the molecule is CC(CO)CCCC(C)C1CCC2C3CCC4=CC(=O)CCC4(C)C3CCC12C. The van der Waals surface area contributed by atoms with E-state index in [4.69, 9.17) is 0 Å². The molecule has 0 amide bonds. The van der Waals surface area contributed by atoms with Gasteiger partial charge in [-0.25, -0.2) is 0 Å². The summed E-state index contributed by atoms with van der Waals surface area (Å²) in [5.41, 5.74) is 2.34. The summed E-state index contributed by atoms with van der Waals surface area (Å²) in [6.07, 6.45) is 15.8. The van der Waals surface area contributed by atoms with E-state index in [0.29, 0.717) is 29.1 Å². The first-order valence-corrected chi connectivity index (χ1v) is 12.6. The average Bonchev–Trinajstić information content (AvgIpc) is 3.05. The van der Waals surface area contributed by atoms with Crippen LogP contribution in [0.2, 0.25) is 0 Å². The fourth-order valence-corrected chi connectivity index (χ4v) is 8.62. The van der Waals surface area contributed by atoms with Crippen LogP contribution in [0, 0.1) is 46.3 Å². The van der Waals surface area contributed by atoms with Crippen molar-refractivity contribution in [1.82, 2.24) is 0 Å². The summed E-state index contributed by atoms with van der Waals surface area (Å²) in [6.45, 7) is 10.2. The summed E-state index contributed by atoms with van der Waals surface area (Å²) in [6, 6.07) is 0. The number of hydrogen-bond acceptors (Lipinski definition) is 2. The molecule has 4 aliphatic carbocycles. The fourth-order valence-electron chi connectivity index (χ4n) is 8.62. The molecule has 4 rings (SSSR count). The van der Waals surface area contributed by atoms with Gasteiger partial charge in [-0.3, -0.25) is 4.79 Å². The van der Waals surface area contributed by atoms with Crippen molar-refractivity contribution in [2.45, 2.75) is 98.3 Å². The first kappa shape index (κ1) is 21.6. The molecule has 3 saturated carbocycles. The molecule has 4 aliphatic rings. The van der Waals surface area contributed by atoms with Gasteiger partial charge in [0.05, 0.1) is 0 Å². The van der Waals surface area contributed by atoms with Crippen molar-refractivity contribution < 1.29 is 9.90 Å². The summed E-state index contributed by atoms with van der Waals surface area (Å²) < 4.78 is 0. The van der Waals surface area contributed by atoms with Crippen LogP contribution in [0.15, 0.2) is 11.6 Å². The van der Waals surface area contributed by atoms with Crippen molar-refractivity contribution in [3.05, 3.63) is 11.6 Å². The van der Waals surface area contributed by atoms with Crippen LogP contribution in [-0.2, 0) is 4.79 Å². The van der Waals surface area contributed by atoms with E-state index in [2.05, 4.69) is 27.7 Å². The van der Waals surface area contributed by atoms with Crippen LogP contribution in [0.25, 0.3) is 0 Å². The second-order valence-corrected chi connectivity index (χ2v) is 11.9. The van der Waals surface area contributed by atoms with Gasteiger partial charge in [-0.1, -0.05) is 46.1 Å². The Kier molecular flexibility index (Phi) is 6.06. The maximum absolute atomic E-state index is 12.0. The quantitative estimate of drug-likeness (QED) is 0.547. The molecule has 1 N–H and O–H groups in total. The number of carbonyl (C=O) groups excluding carboxylic acids is 1. The van der Waals surface area contributed by atoms with Crippen molar-refractivity contribution in [3.8, 4) is 0 Å². The normalized spacial score (nSPS) is 43.8. The molecule has 8 unspecified atom stereocenters. The van der Waals surface area contributed by atoms with Crippen molar-refractivity contribution in [2.75, 3.05) is 6.61 Å². The predicted octanol–water partition coefficient (Wildman–Crippen LogP) is 6.57. The lowest BCUT2D eigenvalue weighted by molar-refractivity contribution is -0.117. The van der Waals surface area contributed by atoms with Crippen LogP contribution < -0.4 is 0 Å². The zero-order valence-electron chi connectivity index (χ0n) is 19.4. The Morgan fingerprint density at radius 1 is 1.03 bits per heavy atom. The van der Waals surface area contributed by atoms with Crippen LogP contribution >= 0.6 is 0 Å². The van der Waals surface area contributed by atoms with Crippen LogP contribution in [0.1, 0.15) is 98.3 Å². The Labute approximate surface area is 178 Å². The highest BCUT2D eigenvalue weighted by Gasteiger charge is 2.59. The highest BCUT2D eigenvalue weighted by molar-refractivity contribution is 5.91. The molecule has 0 heterocycles. The van der Waals surface area contributed by atoms with Gasteiger partial charge in [-0.15, -0.1) is 0 Å². The molecule has 0 aliphatic heterocycles. The van der Waals surface area contributed by atoms with Gasteiger partial charge in [0.15, 0.2) is 5.78 Å². The number of ketones is 1. The largest absolute Gasteiger partial charge is 0.396 e. The number of aliphatic hydroxyl groups excluding tert-OH is 1. The zero-order chi connectivity index (χ0) is 20.8. The van der Waals surface area contributed by atoms with Crippen molar-refractivity contribution in [3.63, 3.8) is 0 Å². The van der Waals surface area contributed by atoms with E-state index in [1.807, 2.05) is 6.08 Å². The predicted molar refractivity (Wildman–Crippen MR) is 119 cm³/mol. The third-order valence-electron chi connectivity index (χ3n) is 10.4. The van der Waals surface area contributed by atoms with Crippen LogP contribution in [0.5, 0.6) is 0 Å². The number of hydrogen-bond donors (Lipinski definition) is 1. The molecule has 0 aromatic heterocycles. The van der Waals surface area contributed by atoms with E-state index in [0.717, 1.165) is 42.4 Å². The summed E-state index contributed by atoms with van der Waals surface area (Å²) in [5, 5.41) is 9.31. The summed E-state index contributed by atoms with van der Waals surface area (Å²) in [5.74, 6) is 5.13. The summed E-state index contributed by atoms with van der Waals surface area (Å²) in [4.78, 5) is 12.0. The van der Waals surface area contributed by atoms with E-state index < -0.39 is 0 Å². The van der Waals surface area contributed by atoms with Gasteiger partial charge in [-0.05, 0) is 104 Å². The molecule has 164 valence electrons. The number of rotatable bonds is 6. The van der Waals surface area contributed by atoms with E-state index in [9.17, 15) is 9.90 Å². The molecule has 0 aromatic rings. The molecular weight excluding hydrogens is 356 g/mol. The van der Waals surface area contributed by atoms with Crippen molar-refractivity contribution in [2.24, 2.45) is 46.3 Å². The fraction of sp³-hybridized carbons (Fsp3) is 0.889. The zero-order valence-corrected chi connectivity index (χ0v) is 19.4. The molecule has 2 nitrogen and oxygen atoms in total. The van der Waals surface area contributed by atoms with Crippen molar-refractivity contribution in [1.29, 1.82) is 0 Å². The highest BCUT2D eigenvalue weighted by atomic mass is 16.3. The first-order valence-electron chi connectivity index (χ1n) is 12.6. The minimum atomic E-state index is 0.308. The van der Waals surface area contributed by atoms with E-state index in [1.165, 1.54) is 63.4 Å². The maximum atomic E-state index is 12.0. The van der Waals surface area contributed by atoms with E-state index in [1.54, 1.807) is 0 Å². The third kappa shape index (κ3) is 3.66. The molecule has 0 saturated heterocycles. The standard InChI is InChI=1S/C27H44O2/c1-18(17-28)6-5-7-19(2)23-10-11-24-22-9-8-20-16-21(29)12-14-26(20,3)25(22)13-15-27(23,24)4/h16,18-19,22-25,28H,5-15,17H2,1-4H3. The molecule has 8 atom stereocenters. The number of aliphatic hydroxyl groups is 1. The maximum Gasteiger partial charge on any atom is 0.155 e. The van der Waals surface area contributed by atoms with E-state index in [-0.39, 0.29) is 0 Å². The number of carbonyl (C=O) groups is 1. The lowest BCUT2D eigenvalue weighted by Gasteiger charge is -2.58. The smallest absolute Gasteiger partial charge is 0.155 e. The lowest BCUT2D eigenvalue weighted by Crippen LogP contribution is -2.50. The summed E-state index contributed by atoms with van der Waals surface area (Å²) >= 11 is 0. The van der Waals surface area contributed by atoms with Gasteiger partial charge in [0.2, 0.25) is 0 Å². The Morgan fingerprint density at radius 2 is 1.83 bits per heavy atom. The van der Waals surface area contributed by atoms with Gasteiger partial charge < -0.3 is 5.11 Å². The second kappa shape index (κ2) is 8.13. The Hall–Kier alpha value is -0.630. The monoisotopic (exact) mass is 400 g/mol. The van der Waals surface area contributed by atoms with Gasteiger partial charge in [0.25, 0.3) is 0 Å². The molecule has 0 radical (unpaired) electrons. The van der Waals surface area contributed by atoms with Crippen LogP contribution in [-0.4, -0.2) is 17.5 Å². The van der Waals surface area contributed by atoms with Gasteiger partial charge in [-0.2, -0.15) is 0 Å². The lowest BCUT2D eigenvalue weighted by atomic mass is 9.46. The molecule has 0 bridgehead atoms. The van der Waals surface area contributed by atoms with Gasteiger partial charge in [0.1, 0.15) is 0 Å². The minimum absolute atomic E-state index is 0.308. The Bertz CT molecular complexity index is 651. The van der Waals surface area contributed by atoms with Gasteiger partial charge in [0, 0.05) is 13.0 Å². The topological polar surface area (TPSA) is 37.3 Å². The van der Waals surface area contributed by atoms with E-state index >= 15 is 0 Å². The van der Waals surface area contributed by atoms with Crippen molar-refractivity contribution >= 4 is 5.78 Å². The van der Waals surface area contributed by atoms with Gasteiger partial charge >= 0.3 is 0 Å². The average molecular weight is 401 g/mol.